The van der Waals surface area contributed by atoms with Crippen LogP contribution in [0, 0.1) is 13.8 Å². The van der Waals surface area contributed by atoms with E-state index in [9.17, 15) is 0 Å². The van der Waals surface area contributed by atoms with E-state index in [4.69, 9.17) is 4.42 Å². The molecular formula is C15H19N3O. The Morgan fingerprint density at radius 3 is 2.89 bits per heavy atom. The summed E-state index contributed by atoms with van der Waals surface area (Å²) in [5.41, 5.74) is 1.88. The van der Waals surface area contributed by atoms with Crippen LogP contribution in [0.4, 0.5) is 0 Å². The van der Waals surface area contributed by atoms with Gasteiger partial charge >= 0.3 is 0 Å². The third kappa shape index (κ3) is 2.84. The number of nitrogens with one attached hydrogen (secondary N) is 1. The molecule has 1 aliphatic heterocycles. The number of hydrogen-bond acceptors (Lipinski definition) is 4. The number of furan rings is 1. The Morgan fingerprint density at radius 2 is 2.21 bits per heavy atom. The summed E-state index contributed by atoms with van der Waals surface area (Å²) in [5.74, 6) is 2.64. The van der Waals surface area contributed by atoms with Gasteiger partial charge in [0.1, 0.15) is 17.3 Å². The van der Waals surface area contributed by atoms with Gasteiger partial charge in [-0.1, -0.05) is 0 Å². The van der Waals surface area contributed by atoms with Crippen LogP contribution in [0.5, 0.6) is 0 Å². The SMILES string of the molecule is Cc1cc(-c2ccc(C)o2)nc(CC2CCCN2)n1. The minimum absolute atomic E-state index is 0.521. The van der Waals surface area contributed by atoms with Crippen molar-refractivity contribution in [3.05, 3.63) is 35.5 Å². The zero-order chi connectivity index (χ0) is 13.2. The Balaban J connectivity index is 1.87. The van der Waals surface area contributed by atoms with Crippen LogP contribution >= 0.6 is 0 Å². The van der Waals surface area contributed by atoms with E-state index < -0.39 is 0 Å². The average molecular weight is 257 g/mol. The van der Waals surface area contributed by atoms with E-state index in [1.165, 1.54) is 12.8 Å². The first kappa shape index (κ1) is 12.4. The summed E-state index contributed by atoms with van der Waals surface area (Å²) >= 11 is 0. The molecule has 2 aromatic heterocycles. The molecule has 19 heavy (non-hydrogen) atoms. The van der Waals surface area contributed by atoms with E-state index in [0.717, 1.165) is 41.7 Å². The molecule has 1 atom stereocenters. The molecule has 1 unspecified atom stereocenters. The molecule has 0 bridgehead atoms. The first-order chi connectivity index (χ1) is 9.20. The number of aryl methyl sites for hydroxylation is 2. The highest BCUT2D eigenvalue weighted by Gasteiger charge is 2.17. The largest absolute Gasteiger partial charge is 0.460 e. The Bertz CT molecular complexity index is 571. The maximum atomic E-state index is 5.64. The molecule has 1 saturated heterocycles. The van der Waals surface area contributed by atoms with Crippen molar-refractivity contribution < 1.29 is 4.42 Å². The molecular weight excluding hydrogens is 238 g/mol. The van der Waals surface area contributed by atoms with E-state index in [2.05, 4.69) is 15.3 Å². The van der Waals surface area contributed by atoms with Gasteiger partial charge in [0.05, 0.1) is 0 Å². The summed E-state index contributed by atoms with van der Waals surface area (Å²) in [5, 5.41) is 3.48. The van der Waals surface area contributed by atoms with Gasteiger partial charge in [0.2, 0.25) is 0 Å². The molecule has 100 valence electrons. The van der Waals surface area contributed by atoms with Crippen molar-refractivity contribution in [2.75, 3.05) is 6.54 Å². The van der Waals surface area contributed by atoms with Crippen molar-refractivity contribution in [1.82, 2.24) is 15.3 Å². The monoisotopic (exact) mass is 257 g/mol. The second-order valence-corrected chi connectivity index (χ2v) is 5.22. The average Bonchev–Trinajstić information content (AvgIpc) is 3.00. The highest BCUT2D eigenvalue weighted by atomic mass is 16.3. The lowest BCUT2D eigenvalue weighted by molar-refractivity contribution is 0.544. The molecule has 0 radical (unpaired) electrons. The highest BCUT2D eigenvalue weighted by Crippen LogP contribution is 2.21. The van der Waals surface area contributed by atoms with E-state index in [1.54, 1.807) is 0 Å². The lowest BCUT2D eigenvalue weighted by atomic mass is 10.1. The third-order valence-electron chi connectivity index (χ3n) is 3.48. The van der Waals surface area contributed by atoms with Crippen molar-refractivity contribution in [3.63, 3.8) is 0 Å². The number of aromatic nitrogens is 2. The van der Waals surface area contributed by atoms with Crippen LogP contribution < -0.4 is 5.32 Å². The molecule has 0 aliphatic carbocycles. The molecule has 1 N–H and O–H groups in total. The quantitative estimate of drug-likeness (QED) is 0.918. The fourth-order valence-corrected chi connectivity index (χ4v) is 2.57. The van der Waals surface area contributed by atoms with E-state index in [1.807, 2.05) is 32.0 Å². The van der Waals surface area contributed by atoms with Gasteiger partial charge in [-0.2, -0.15) is 0 Å². The van der Waals surface area contributed by atoms with Gasteiger partial charge in [-0.15, -0.1) is 0 Å². The first-order valence-electron chi connectivity index (χ1n) is 6.85. The molecule has 1 aliphatic rings. The maximum absolute atomic E-state index is 5.64. The normalized spacial score (nSPS) is 18.9. The van der Waals surface area contributed by atoms with Gasteiger partial charge in [0.25, 0.3) is 0 Å². The minimum atomic E-state index is 0.521. The van der Waals surface area contributed by atoms with Crippen LogP contribution in [-0.2, 0) is 6.42 Å². The van der Waals surface area contributed by atoms with Crippen LogP contribution in [0.25, 0.3) is 11.5 Å². The smallest absolute Gasteiger partial charge is 0.152 e. The fraction of sp³-hybridized carbons (Fsp3) is 0.467. The van der Waals surface area contributed by atoms with E-state index in [-0.39, 0.29) is 0 Å². The Morgan fingerprint density at radius 1 is 1.32 bits per heavy atom. The lowest BCUT2D eigenvalue weighted by Gasteiger charge is -2.10. The van der Waals surface area contributed by atoms with Crippen LogP contribution in [0.2, 0.25) is 0 Å². The Hall–Kier alpha value is -1.68. The molecule has 0 amide bonds. The van der Waals surface area contributed by atoms with Crippen molar-refractivity contribution in [2.24, 2.45) is 0 Å². The second-order valence-electron chi connectivity index (χ2n) is 5.22. The van der Waals surface area contributed by atoms with Gasteiger partial charge in [-0.25, -0.2) is 9.97 Å². The van der Waals surface area contributed by atoms with Crippen molar-refractivity contribution >= 4 is 0 Å². The van der Waals surface area contributed by atoms with Gasteiger partial charge in [-0.3, -0.25) is 0 Å². The van der Waals surface area contributed by atoms with Crippen LogP contribution in [-0.4, -0.2) is 22.6 Å². The minimum Gasteiger partial charge on any atom is -0.460 e. The predicted octanol–water partition coefficient (Wildman–Crippen LogP) is 2.65. The zero-order valence-electron chi connectivity index (χ0n) is 11.4. The summed E-state index contributed by atoms with van der Waals surface area (Å²) in [6, 6.07) is 6.43. The zero-order valence-corrected chi connectivity index (χ0v) is 11.4. The molecule has 0 saturated carbocycles. The van der Waals surface area contributed by atoms with Gasteiger partial charge in [-0.05, 0) is 51.4 Å². The van der Waals surface area contributed by atoms with Crippen molar-refractivity contribution in [1.29, 1.82) is 0 Å². The van der Waals surface area contributed by atoms with E-state index in [0.29, 0.717) is 6.04 Å². The predicted molar refractivity (Wildman–Crippen MR) is 73.9 cm³/mol. The summed E-state index contributed by atoms with van der Waals surface area (Å²) < 4.78 is 5.64. The topological polar surface area (TPSA) is 51.0 Å². The molecule has 0 aromatic carbocycles. The molecule has 3 rings (SSSR count). The first-order valence-corrected chi connectivity index (χ1v) is 6.85. The van der Waals surface area contributed by atoms with E-state index >= 15 is 0 Å². The van der Waals surface area contributed by atoms with Gasteiger partial charge < -0.3 is 9.73 Å². The summed E-state index contributed by atoms with van der Waals surface area (Å²) in [7, 11) is 0. The maximum Gasteiger partial charge on any atom is 0.152 e. The summed E-state index contributed by atoms with van der Waals surface area (Å²) in [4.78, 5) is 9.17. The standard InChI is InChI=1S/C15H19N3O/c1-10-8-13(14-6-5-11(2)19-14)18-15(17-10)9-12-4-3-7-16-12/h5-6,8,12,16H,3-4,7,9H2,1-2H3. The molecule has 3 heterocycles. The number of hydrogen-bond donors (Lipinski definition) is 1. The van der Waals surface area contributed by atoms with Crippen molar-refractivity contribution in [2.45, 2.75) is 39.2 Å². The van der Waals surface area contributed by atoms with Crippen molar-refractivity contribution in [3.8, 4) is 11.5 Å². The summed E-state index contributed by atoms with van der Waals surface area (Å²) in [6.07, 6.45) is 3.36. The molecule has 4 heteroatoms. The molecule has 4 nitrogen and oxygen atoms in total. The molecule has 0 spiro atoms. The Kier molecular flexibility index (Phi) is 3.34. The van der Waals surface area contributed by atoms with Gasteiger partial charge in [0.15, 0.2) is 5.76 Å². The number of rotatable bonds is 3. The summed E-state index contributed by atoms with van der Waals surface area (Å²) in [6.45, 7) is 5.06. The Labute approximate surface area is 113 Å². The highest BCUT2D eigenvalue weighted by molar-refractivity contribution is 5.52. The van der Waals surface area contributed by atoms with Crippen LogP contribution in [0.3, 0.4) is 0 Å². The fourth-order valence-electron chi connectivity index (χ4n) is 2.57. The second kappa shape index (κ2) is 5.13. The van der Waals surface area contributed by atoms with Crippen LogP contribution in [0.15, 0.2) is 22.6 Å². The lowest BCUT2D eigenvalue weighted by Crippen LogP contribution is -2.24. The van der Waals surface area contributed by atoms with Crippen LogP contribution in [0.1, 0.15) is 30.1 Å². The molecule has 2 aromatic rings. The number of nitrogens with zero attached hydrogens (tertiary/aromatic N) is 2. The third-order valence-corrected chi connectivity index (χ3v) is 3.48. The van der Waals surface area contributed by atoms with Gasteiger partial charge in [0, 0.05) is 18.2 Å². The molecule has 1 fully saturated rings.